The van der Waals surface area contributed by atoms with Crippen molar-refractivity contribution in [2.24, 2.45) is 11.8 Å². The fourth-order valence-corrected chi connectivity index (χ4v) is 6.24. The lowest BCUT2D eigenvalue weighted by molar-refractivity contribution is -0.144. The average molecular weight is 518 g/mol. The van der Waals surface area contributed by atoms with Crippen molar-refractivity contribution in [1.29, 1.82) is 0 Å². The average Bonchev–Trinajstić information content (AvgIpc) is 3.55. The van der Waals surface area contributed by atoms with Crippen LogP contribution in [0, 0.1) is 23.5 Å². The van der Waals surface area contributed by atoms with Gasteiger partial charge in [0.2, 0.25) is 21.8 Å². The Balaban J connectivity index is 1.52. The van der Waals surface area contributed by atoms with Gasteiger partial charge in [0.25, 0.3) is 0 Å². The first-order valence-electron chi connectivity index (χ1n) is 11.7. The van der Waals surface area contributed by atoms with Crippen LogP contribution in [0.5, 0.6) is 0 Å². The summed E-state index contributed by atoms with van der Waals surface area (Å²) < 4.78 is 54.0. The number of nitrogens with zero attached hydrogens (tertiary/aromatic N) is 2. The minimum absolute atomic E-state index is 0.0105. The first-order valence-corrected chi connectivity index (χ1v) is 13.9. The lowest BCUT2D eigenvalue weighted by Gasteiger charge is -2.36. The molecular formula is C23H30ClF2N3O4S. The summed E-state index contributed by atoms with van der Waals surface area (Å²) in [5.41, 5.74) is 0.0535. The number of nitrogens with one attached hydrogen (secondary N) is 1. The molecule has 2 amide bonds. The van der Waals surface area contributed by atoms with Crippen LogP contribution in [0.1, 0.15) is 57.1 Å². The monoisotopic (exact) mass is 517 g/mol. The molecule has 1 saturated carbocycles. The van der Waals surface area contributed by atoms with E-state index in [4.69, 9.17) is 11.6 Å². The fraction of sp³-hybridized carbons (Fsp3) is 0.652. The van der Waals surface area contributed by atoms with Crippen molar-refractivity contribution < 1.29 is 26.8 Å². The molecule has 1 N–H and O–H groups in total. The highest BCUT2D eigenvalue weighted by atomic mass is 35.5. The maximum Gasteiger partial charge on any atom is 0.243 e. The summed E-state index contributed by atoms with van der Waals surface area (Å²) in [6.45, 7) is 2.36. The van der Waals surface area contributed by atoms with Crippen LogP contribution in [0.15, 0.2) is 12.1 Å². The van der Waals surface area contributed by atoms with E-state index in [9.17, 15) is 26.8 Å². The van der Waals surface area contributed by atoms with Crippen molar-refractivity contribution in [3.63, 3.8) is 0 Å². The second-order valence-corrected chi connectivity index (χ2v) is 12.1. The molecule has 188 valence electrons. The number of piperidine rings is 1. The second kappa shape index (κ2) is 9.70. The number of benzene rings is 1. The first-order chi connectivity index (χ1) is 16.0. The Bertz CT molecular complexity index is 1080. The van der Waals surface area contributed by atoms with Crippen molar-refractivity contribution in [3.8, 4) is 0 Å². The Labute approximate surface area is 203 Å². The summed E-state index contributed by atoms with van der Waals surface area (Å²) >= 11 is 5.69. The van der Waals surface area contributed by atoms with Gasteiger partial charge in [-0.1, -0.05) is 11.6 Å². The summed E-state index contributed by atoms with van der Waals surface area (Å²) in [6, 6.07) is 0.321. The van der Waals surface area contributed by atoms with Gasteiger partial charge in [0, 0.05) is 24.7 Å². The van der Waals surface area contributed by atoms with E-state index < -0.39 is 45.6 Å². The van der Waals surface area contributed by atoms with E-state index in [1.807, 2.05) is 6.92 Å². The van der Waals surface area contributed by atoms with Gasteiger partial charge in [-0.2, -0.15) is 0 Å². The first kappa shape index (κ1) is 25.3. The Kier molecular flexibility index (Phi) is 7.22. The van der Waals surface area contributed by atoms with Gasteiger partial charge < -0.3 is 10.2 Å². The smallest absolute Gasteiger partial charge is 0.243 e. The third-order valence-corrected chi connectivity index (χ3v) is 8.75. The molecule has 1 aliphatic carbocycles. The zero-order valence-electron chi connectivity index (χ0n) is 19.3. The molecule has 2 saturated heterocycles. The molecule has 3 aliphatic rings. The second-order valence-electron chi connectivity index (χ2n) is 9.76. The summed E-state index contributed by atoms with van der Waals surface area (Å²) in [4.78, 5) is 28.3. The van der Waals surface area contributed by atoms with Gasteiger partial charge in [0.05, 0.1) is 23.2 Å². The SMILES string of the molecule is C[C@@H]1CC[C@H](C(=O)N[C@@H](c2cc(F)c(Cl)cc2F)C2CC2)N1C(=O)[C@H]1CCCN(S(C)(=O)=O)C1. The number of hydrogen-bond donors (Lipinski definition) is 1. The van der Waals surface area contributed by atoms with Gasteiger partial charge in [0.1, 0.15) is 17.7 Å². The van der Waals surface area contributed by atoms with Gasteiger partial charge in [-0.3, -0.25) is 9.59 Å². The van der Waals surface area contributed by atoms with Gasteiger partial charge in [0.15, 0.2) is 0 Å². The van der Waals surface area contributed by atoms with Gasteiger partial charge in [-0.25, -0.2) is 21.5 Å². The number of rotatable bonds is 6. The fourth-order valence-electron chi connectivity index (χ4n) is 5.17. The number of likely N-dealkylation sites (tertiary alicyclic amines) is 1. The third kappa shape index (κ3) is 5.23. The number of amides is 2. The van der Waals surface area contributed by atoms with Crippen LogP contribution in [0.2, 0.25) is 5.02 Å². The van der Waals surface area contributed by atoms with Crippen molar-refractivity contribution >= 4 is 33.4 Å². The summed E-state index contributed by atoms with van der Waals surface area (Å²) in [5.74, 6) is -2.59. The molecule has 2 heterocycles. The molecular weight excluding hydrogens is 488 g/mol. The Morgan fingerprint density at radius 3 is 2.47 bits per heavy atom. The third-order valence-electron chi connectivity index (χ3n) is 7.19. The maximum absolute atomic E-state index is 14.6. The zero-order valence-corrected chi connectivity index (χ0v) is 20.8. The lowest BCUT2D eigenvalue weighted by Crippen LogP contribution is -2.53. The van der Waals surface area contributed by atoms with E-state index in [0.29, 0.717) is 32.2 Å². The molecule has 1 aromatic carbocycles. The zero-order chi connectivity index (χ0) is 24.8. The highest BCUT2D eigenvalue weighted by molar-refractivity contribution is 7.88. The van der Waals surface area contributed by atoms with E-state index in [-0.39, 0.29) is 35.0 Å². The normalized spacial score (nSPS) is 27.0. The summed E-state index contributed by atoms with van der Waals surface area (Å²) in [6.07, 6.45) is 4.91. The van der Waals surface area contributed by atoms with Gasteiger partial charge in [-0.05, 0) is 63.5 Å². The molecule has 4 rings (SSSR count). The molecule has 3 fully saturated rings. The predicted octanol–water partition coefficient (Wildman–Crippen LogP) is 3.24. The highest BCUT2D eigenvalue weighted by Gasteiger charge is 2.44. The topological polar surface area (TPSA) is 86.8 Å². The minimum atomic E-state index is -3.41. The van der Waals surface area contributed by atoms with E-state index in [2.05, 4.69) is 5.32 Å². The maximum atomic E-state index is 14.6. The number of hydrogen-bond acceptors (Lipinski definition) is 4. The van der Waals surface area contributed by atoms with Crippen LogP contribution in [0.3, 0.4) is 0 Å². The van der Waals surface area contributed by atoms with Gasteiger partial charge >= 0.3 is 0 Å². The predicted molar refractivity (Wildman–Crippen MR) is 123 cm³/mol. The number of carbonyl (C=O) groups is 2. The van der Waals surface area contributed by atoms with Crippen LogP contribution in [-0.4, -0.2) is 60.9 Å². The van der Waals surface area contributed by atoms with Crippen LogP contribution in [0.25, 0.3) is 0 Å². The molecule has 34 heavy (non-hydrogen) atoms. The van der Waals surface area contributed by atoms with Crippen molar-refractivity contribution in [1.82, 2.24) is 14.5 Å². The Morgan fingerprint density at radius 1 is 1.12 bits per heavy atom. The van der Waals surface area contributed by atoms with Crippen LogP contribution >= 0.6 is 11.6 Å². The van der Waals surface area contributed by atoms with E-state index in [1.54, 1.807) is 4.90 Å². The molecule has 0 radical (unpaired) electrons. The molecule has 0 aromatic heterocycles. The molecule has 0 unspecified atom stereocenters. The quantitative estimate of drug-likeness (QED) is 0.587. The molecule has 0 spiro atoms. The minimum Gasteiger partial charge on any atom is -0.347 e. The van der Waals surface area contributed by atoms with E-state index >= 15 is 0 Å². The van der Waals surface area contributed by atoms with Crippen molar-refractivity contribution in [2.75, 3.05) is 19.3 Å². The standard InChI is InChI=1S/C23H30ClF2N3O4S/c1-13-5-8-20(29(13)23(31)15-4-3-9-28(12-15)34(2,32)33)22(30)27-21(14-6-7-14)16-10-19(26)17(24)11-18(16)25/h10-11,13-15,20-21H,3-9,12H2,1-2H3,(H,27,30)/t13-,15+,20-,21-/m1/s1. The van der Waals surface area contributed by atoms with Crippen molar-refractivity contribution in [3.05, 3.63) is 34.4 Å². The number of halogens is 3. The highest BCUT2D eigenvalue weighted by Crippen LogP contribution is 2.43. The largest absolute Gasteiger partial charge is 0.347 e. The Morgan fingerprint density at radius 2 is 1.82 bits per heavy atom. The summed E-state index contributed by atoms with van der Waals surface area (Å²) in [5, 5.41) is 2.56. The molecule has 11 heteroatoms. The Hall–Kier alpha value is -1.78. The van der Waals surface area contributed by atoms with Crippen LogP contribution in [-0.2, 0) is 19.6 Å². The van der Waals surface area contributed by atoms with E-state index in [0.717, 1.165) is 31.2 Å². The number of sulfonamides is 1. The molecule has 7 nitrogen and oxygen atoms in total. The summed E-state index contributed by atoms with van der Waals surface area (Å²) in [7, 11) is -3.41. The number of carbonyl (C=O) groups excluding carboxylic acids is 2. The molecule has 2 aliphatic heterocycles. The van der Waals surface area contributed by atoms with E-state index in [1.165, 1.54) is 4.31 Å². The van der Waals surface area contributed by atoms with Gasteiger partial charge in [-0.15, -0.1) is 0 Å². The lowest BCUT2D eigenvalue weighted by atomic mass is 9.97. The van der Waals surface area contributed by atoms with Crippen LogP contribution in [0.4, 0.5) is 8.78 Å². The molecule has 1 aromatic rings. The van der Waals surface area contributed by atoms with Crippen LogP contribution < -0.4 is 5.32 Å². The van der Waals surface area contributed by atoms with Crippen molar-refractivity contribution in [2.45, 2.75) is 63.6 Å². The molecule has 4 atom stereocenters. The molecule has 0 bridgehead atoms.